The van der Waals surface area contributed by atoms with Crippen LogP contribution in [0.3, 0.4) is 0 Å². The van der Waals surface area contributed by atoms with Gasteiger partial charge in [0.15, 0.2) is 0 Å². The minimum Gasteiger partial charge on any atom is -0.508 e. The van der Waals surface area contributed by atoms with Gasteiger partial charge in [-0.05, 0) is 24.3 Å². The number of nitrogens with zero attached hydrogens (tertiary/aromatic N) is 1. The second-order valence-corrected chi connectivity index (χ2v) is 3.08. The molecule has 1 aromatic heterocycles. The number of hydrogen-bond acceptors (Lipinski definition) is 3. The van der Waals surface area contributed by atoms with Crippen molar-refractivity contribution in [2.75, 3.05) is 0 Å². The molecule has 0 radical (unpaired) electrons. The first-order valence-electron chi connectivity index (χ1n) is 4.54. The van der Waals surface area contributed by atoms with Crippen LogP contribution in [0.2, 0.25) is 0 Å². The van der Waals surface area contributed by atoms with Crippen molar-refractivity contribution < 1.29 is 9.63 Å². The van der Waals surface area contributed by atoms with Gasteiger partial charge in [0, 0.05) is 18.1 Å². The molecule has 0 aliphatic carbocycles. The van der Waals surface area contributed by atoms with Crippen LogP contribution in [0.25, 0.3) is 11.3 Å². The minimum absolute atomic E-state index is 0.257. The van der Waals surface area contributed by atoms with E-state index >= 15 is 0 Å². The second kappa shape index (κ2) is 3.54. The van der Waals surface area contributed by atoms with Crippen LogP contribution < -0.4 is 0 Å². The highest BCUT2D eigenvalue weighted by Crippen LogP contribution is 2.21. The van der Waals surface area contributed by atoms with E-state index in [1.807, 2.05) is 25.1 Å². The monoisotopic (exact) mass is 189 g/mol. The number of rotatable bonds is 2. The smallest absolute Gasteiger partial charge is 0.137 e. The molecule has 1 N–H and O–H groups in total. The molecule has 0 spiro atoms. The zero-order valence-electron chi connectivity index (χ0n) is 7.90. The average Bonchev–Trinajstić information content (AvgIpc) is 2.67. The fourth-order valence-corrected chi connectivity index (χ4v) is 1.25. The van der Waals surface area contributed by atoms with Crippen LogP contribution in [0.15, 0.2) is 34.9 Å². The molecule has 72 valence electrons. The quantitative estimate of drug-likeness (QED) is 0.789. The summed E-state index contributed by atoms with van der Waals surface area (Å²) in [6.07, 6.45) is 0.838. The van der Waals surface area contributed by atoms with E-state index in [9.17, 15) is 0 Å². The second-order valence-electron chi connectivity index (χ2n) is 3.08. The summed E-state index contributed by atoms with van der Waals surface area (Å²) in [5.41, 5.74) is 1.76. The van der Waals surface area contributed by atoms with Gasteiger partial charge in [0.05, 0.1) is 0 Å². The van der Waals surface area contributed by atoms with E-state index in [1.54, 1.807) is 12.1 Å². The number of phenols is 1. The summed E-state index contributed by atoms with van der Waals surface area (Å²) in [7, 11) is 0. The van der Waals surface area contributed by atoms with Gasteiger partial charge in [-0.1, -0.05) is 12.1 Å². The molecule has 0 aliphatic rings. The zero-order chi connectivity index (χ0) is 9.97. The van der Waals surface area contributed by atoms with Crippen LogP contribution in [0.5, 0.6) is 5.75 Å². The summed E-state index contributed by atoms with van der Waals surface area (Å²) in [5.74, 6) is 1.13. The fraction of sp³-hybridized carbons (Fsp3) is 0.182. The molecule has 0 unspecified atom stereocenters. The van der Waals surface area contributed by atoms with Gasteiger partial charge in [-0.2, -0.15) is 0 Å². The number of phenolic OH excluding ortho intramolecular Hbond substituents is 1. The molecule has 0 bridgehead atoms. The normalized spacial score (nSPS) is 10.4. The third kappa shape index (κ3) is 1.62. The first-order valence-corrected chi connectivity index (χ1v) is 4.54. The first-order chi connectivity index (χ1) is 6.79. The standard InChI is InChI=1S/C11H11NO2/c1-2-10-7-11(12-14-10)8-3-5-9(13)6-4-8/h3-7,13H,2H2,1H3. The van der Waals surface area contributed by atoms with Crippen molar-refractivity contribution in [3.8, 4) is 17.0 Å². The Morgan fingerprint density at radius 1 is 1.29 bits per heavy atom. The van der Waals surface area contributed by atoms with Gasteiger partial charge in [0.25, 0.3) is 0 Å². The molecule has 0 saturated carbocycles. The Kier molecular flexibility index (Phi) is 2.23. The Balaban J connectivity index is 2.34. The van der Waals surface area contributed by atoms with E-state index in [4.69, 9.17) is 9.63 Å². The topological polar surface area (TPSA) is 46.3 Å². The van der Waals surface area contributed by atoms with E-state index in [0.717, 1.165) is 23.4 Å². The Morgan fingerprint density at radius 3 is 2.57 bits per heavy atom. The van der Waals surface area contributed by atoms with Crippen LogP contribution in [0.1, 0.15) is 12.7 Å². The molecule has 0 saturated heterocycles. The molecule has 2 aromatic rings. The highest BCUT2D eigenvalue weighted by atomic mass is 16.5. The van der Waals surface area contributed by atoms with Crippen LogP contribution in [-0.4, -0.2) is 10.3 Å². The van der Waals surface area contributed by atoms with E-state index in [-0.39, 0.29) is 5.75 Å². The van der Waals surface area contributed by atoms with E-state index in [0.29, 0.717) is 0 Å². The summed E-state index contributed by atoms with van der Waals surface area (Å²) in [6, 6.07) is 8.80. The van der Waals surface area contributed by atoms with Gasteiger partial charge in [-0.3, -0.25) is 0 Å². The van der Waals surface area contributed by atoms with Crippen molar-refractivity contribution in [3.05, 3.63) is 36.1 Å². The lowest BCUT2D eigenvalue weighted by molar-refractivity contribution is 0.389. The lowest BCUT2D eigenvalue weighted by Crippen LogP contribution is -1.75. The summed E-state index contributed by atoms with van der Waals surface area (Å²) >= 11 is 0. The number of aromatic hydroxyl groups is 1. The Hall–Kier alpha value is -1.77. The fourth-order valence-electron chi connectivity index (χ4n) is 1.25. The number of benzene rings is 1. The minimum atomic E-state index is 0.257. The molecule has 3 nitrogen and oxygen atoms in total. The molecule has 14 heavy (non-hydrogen) atoms. The van der Waals surface area contributed by atoms with Gasteiger partial charge in [-0.25, -0.2) is 0 Å². The molecular formula is C11H11NO2. The molecule has 0 aliphatic heterocycles. The SMILES string of the molecule is CCc1cc(-c2ccc(O)cc2)no1. The summed E-state index contributed by atoms with van der Waals surface area (Å²) in [4.78, 5) is 0. The van der Waals surface area contributed by atoms with Gasteiger partial charge in [-0.15, -0.1) is 0 Å². The third-order valence-electron chi connectivity index (χ3n) is 2.07. The first kappa shape index (κ1) is 8.81. The predicted molar refractivity (Wildman–Crippen MR) is 53.0 cm³/mol. The molecule has 0 fully saturated rings. The van der Waals surface area contributed by atoms with Crippen molar-refractivity contribution >= 4 is 0 Å². The van der Waals surface area contributed by atoms with Crippen molar-refractivity contribution in [1.82, 2.24) is 5.16 Å². The van der Waals surface area contributed by atoms with E-state index in [1.165, 1.54) is 0 Å². The zero-order valence-corrected chi connectivity index (χ0v) is 7.90. The van der Waals surface area contributed by atoms with Gasteiger partial charge >= 0.3 is 0 Å². The van der Waals surface area contributed by atoms with Crippen LogP contribution >= 0.6 is 0 Å². The Morgan fingerprint density at radius 2 is 2.00 bits per heavy atom. The molecule has 0 amide bonds. The van der Waals surface area contributed by atoms with Gasteiger partial charge in [0.2, 0.25) is 0 Å². The largest absolute Gasteiger partial charge is 0.508 e. The lowest BCUT2D eigenvalue weighted by Gasteiger charge is -1.94. The van der Waals surface area contributed by atoms with Crippen LogP contribution in [-0.2, 0) is 6.42 Å². The average molecular weight is 189 g/mol. The van der Waals surface area contributed by atoms with Crippen molar-refractivity contribution in [2.24, 2.45) is 0 Å². The third-order valence-corrected chi connectivity index (χ3v) is 2.07. The van der Waals surface area contributed by atoms with Gasteiger partial charge < -0.3 is 9.63 Å². The summed E-state index contributed by atoms with van der Waals surface area (Å²) in [5, 5.41) is 13.0. The predicted octanol–water partition coefficient (Wildman–Crippen LogP) is 2.61. The maximum Gasteiger partial charge on any atom is 0.137 e. The molecule has 1 aromatic carbocycles. The Labute approximate surface area is 82.0 Å². The lowest BCUT2D eigenvalue weighted by atomic mass is 10.1. The van der Waals surface area contributed by atoms with E-state index in [2.05, 4.69) is 5.16 Å². The summed E-state index contributed by atoms with van der Waals surface area (Å²) in [6.45, 7) is 2.01. The van der Waals surface area contributed by atoms with Crippen molar-refractivity contribution in [2.45, 2.75) is 13.3 Å². The number of aryl methyl sites for hydroxylation is 1. The number of hydrogen-bond donors (Lipinski definition) is 1. The van der Waals surface area contributed by atoms with Crippen molar-refractivity contribution in [1.29, 1.82) is 0 Å². The molecule has 1 heterocycles. The highest BCUT2D eigenvalue weighted by molar-refractivity contribution is 5.59. The van der Waals surface area contributed by atoms with E-state index < -0.39 is 0 Å². The van der Waals surface area contributed by atoms with Crippen LogP contribution in [0, 0.1) is 0 Å². The maximum absolute atomic E-state index is 9.11. The molecule has 2 rings (SSSR count). The molecular weight excluding hydrogens is 178 g/mol. The Bertz CT molecular complexity index is 417. The van der Waals surface area contributed by atoms with Crippen LogP contribution in [0.4, 0.5) is 0 Å². The highest BCUT2D eigenvalue weighted by Gasteiger charge is 2.04. The van der Waals surface area contributed by atoms with Crippen molar-refractivity contribution in [3.63, 3.8) is 0 Å². The maximum atomic E-state index is 9.11. The number of aromatic nitrogens is 1. The summed E-state index contributed by atoms with van der Waals surface area (Å²) < 4.78 is 5.09. The van der Waals surface area contributed by atoms with Gasteiger partial charge in [0.1, 0.15) is 17.2 Å². The molecule has 0 atom stereocenters. The molecule has 3 heteroatoms.